The number of imide groups is 1. The van der Waals surface area contributed by atoms with E-state index in [2.05, 4.69) is 4.72 Å². The van der Waals surface area contributed by atoms with Gasteiger partial charge in [-0.2, -0.15) is 0 Å². The third-order valence-electron chi connectivity index (χ3n) is 4.34. The summed E-state index contributed by atoms with van der Waals surface area (Å²) in [5, 5.41) is 0.0753. The Hall–Kier alpha value is -2.66. The Labute approximate surface area is 194 Å². The molecule has 0 radical (unpaired) electrons. The van der Waals surface area contributed by atoms with Crippen LogP contribution in [0.15, 0.2) is 58.3 Å². The van der Waals surface area contributed by atoms with Gasteiger partial charge in [-0.15, -0.1) is 0 Å². The lowest BCUT2D eigenvalue weighted by Crippen LogP contribution is -2.37. The third kappa shape index (κ3) is 5.77. The summed E-state index contributed by atoms with van der Waals surface area (Å²) in [6.07, 6.45) is 1.58. The summed E-state index contributed by atoms with van der Waals surface area (Å²) >= 11 is 6.63. The van der Waals surface area contributed by atoms with Gasteiger partial charge in [-0.3, -0.25) is 14.5 Å². The first kappa shape index (κ1) is 24.0. The Kier molecular flexibility index (Phi) is 7.73. The number of carbonyl (C=O) groups excluding carboxylic acids is 3. The van der Waals surface area contributed by atoms with Gasteiger partial charge >= 0.3 is 5.97 Å². The number of nitrogens with one attached hydrogen (secondary N) is 1. The molecule has 2 aromatic carbocycles. The molecule has 1 aliphatic heterocycles. The van der Waals surface area contributed by atoms with Crippen LogP contribution in [0.1, 0.15) is 22.8 Å². The Morgan fingerprint density at radius 3 is 2.41 bits per heavy atom. The SMILES string of the molecule is CCOC(=O)c1ccc(S(=O)(=O)NCCN2C(=O)S/C(=C\c3ccc(Cl)cc3)C2=O)cc1. The third-order valence-corrected chi connectivity index (χ3v) is 6.98. The van der Waals surface area contributed by atoms with Crippen LogP contribution in [0.25, 0.3) is 6.08 Å². The monoisotopic (exact) mass is 494 g/mol. The molecule has 11 heteroatoms. The maximum Gasteiger partial charge on any atom is 0.338 e. The highest BCUT2D eigenvalue weighted by atomic mass is 35.5. The van der Waals surface area contributed by atoms with Crippen LogP contribution >= 0.6 is 23.4 Å². The number of esters is 1. The summed E-state index contributed by atoms with van der Waals surface area (Å²) in [4.78, 5) is 37.6. The van der Waals surface area contributed by atoms with E-state index in [-0.39, 0.29) is 35.1 Å². The van der Waals surface area contributed by atoms with Crippen molar-refractivity contribution < 1.29 is 27.5 Å². The van der Waals surface area contributed by atoms with Crippen LogP contribution in [0.3, 0.4) is 0 Å². The minimum Gasteiger partial charge on any atom is -0.462 e. The zero-order chi connectivity index (χ0) is 23.3. The van der Waals surface area contributed by atoms with Gasteiger partial charge in [0.1, 0.15) is 0 Å². The number of amides is 2. The van der Waals surface area contributed by atoms with Gasteiger partial charge in [0.05, 0.1) is 22.0 Å². The van der Waals surface area contributed by atoms with Crippen molar-refractivity contribution in [2.45, 2.75) is 11.8 Å². The summed E-state index contributed by atoms with van der Waals surface area (Å²) in [6.45, 7) is 1.60. The van der Waals surface area contributed by atoms with Crippen molar-refractivity contribution in [3.05, 3.63) is 69.6 Å². The van der Waals surface area contributed by atoms with Crippen LogP contribution in [0.2, 0.25) is 5.02 Å². The number of hydrogen-bond donors (Lipinski definition) is 1. The summed E-state index contributed by atoms with van der Waals surface area (Å²) in [5.41, 5.74) is 0.947. The number of benzene rings is 2. The van der Waals surface area contributed by atoms with E-state index in [0.717, 1.165) is 16.7 Å². The number of ether oxygens (including phenoxy) is 1. The zero-order valence-corrected chi connectivity index (χ0v) is 19.3. The molecule has 0 unspecified atom stereocenters. The molecule has 0 spiro atoms. The lowest BCUT2D eigenvalue weighted by Gasteiger charge is -2.13. The van der Waals surface area contributed by atoms with E-state index >= 15 is 0 Å². The van der Waals surface area contributed by atoms with Crippen molar-refractivity contribution in [3.8, 4) is 0 Å². The fraction of sp³-hybridized carbons (Fsp3) is 0.190. The summed E-state index contributed by atoms with van der Waals surface area (Å²) in [5.74, 6) is -1.04. The summed E-state index contributed by atoms with van der Waals surface area (Å²) in [7, 11) is -3.89. The molecule has 1 heterocycles. The van der Waals surface area contributed by atoms with Crippen LogP contribution in [0.4, 0.5) is 4.79 Å². The van der Waals surface area contributed by atoms with Crippen molar-refractivity contribution in [1.82, 2.24) is 9.62 Å². The van der Waals surface area contributed by atoms with Gasteiger partial charge in [0.15, 0.2) is 0 Å². The fourth-order valence-electron chi connectivity index (χ4n) is 2.76. The molecule has 1 saturated heterocycles. The van der Waals surface area contributed by atoms with E-state index in [1.54, 1.807) is 37.3 Å². The normalized spacial score (nSPS) is 15.4. The number of halogens is 1. The second kappa shape index (κ2) is 10.3. The van der Waals surface area contributed by atoms with Crippen LogP contribution in [0, 0.1) is 0 Å². The first-order valence-corrected chi connectivity index (χ1v) is 12.2. The second-order valence-electron chi connectivity index (χ2n) is 6.53. The molecule has 1 fully saturated rings. The molecular weight excluding hydrogens is 476 g/mol. The quantitative estimate of drug-likeness (QED) is 0.441. The molecule has 168 valence electrons. The smallest absolute Gasteiger partial charge is 0.338 e. The lowest BCUT2D eigenvalue weighted by atomic mass is 10.2. The maximum atomic E-state index is 12.5. The molecule has 2 aromatic rings. The number of sulfonamides is 1. The van der Waals surface area contributed by atoms with Crippen molar-refractivity contribution in [2.24, 2.45) is 0 Å². The molecular formula is C21H19ClN2O6S2. The van der Waals surface area contributed by atoms with Crippen LogP contribution in [-0.2, 0) is 19.6 Å². The summed E-state index contributed by atoms with van der Waals surface area (Å²) in [6, 6.07) is 12.1. The Bertz CT molecular complexity index is 1160. The first-order chi connectivity index (χ1) is 15.2. The van der Waals surface area contributed by atoms with E-state index in [0.29, 0.717) is 10.6 Å². The van der Waals surface area contributed by atoms with Gasteiger partial charge in [-0.25, -0.2) is 17.9 Å². The molecule has 0 saturated carbocycles. The average Bonchev–Trinajstić information content (AvgIpc) is 3.03. The highest BCUT2D eigenvalue weighted by molar-refractivity contribution is 8.18. The minimum atomic E-state index is -3.89. The Morgan fingerprint density at radius 2 is 1.78 bits per heavy atom. The molecule has 0 atom stereocenters. The van der Waals surface area contributed by atoms with Crippen LogP contribution in [-0.4, -0.2) is 50.1 Å². The van der Waals surface area contributed by atoms with Crippen molar-refractivity contribution in [3.63, 3.8) is 0 Å². The standard InChI is InChI=1S/C21H19ClN2O6S2/c1-2-30-20(26)15-5-9-17(10-6-15)32(28,29)23-11-12-24-19(25)18(31-21(24)27)13-14-3-7-16(22)8-4-14/h3-10,13,23H,2,11-12H2,1H3/b18-13-. The highest BCUT2D eigenvalue weighted by Gasteiger charge is 2.34. The number of rotatable bonds is 8. The number of carbonyl (C=O) groups is 3. The highest BCUT2D eigenvalue weighted by Crippen LogP contribution is 2.32. The largest absolute Gasteiger partial charge is 0.462 e. The van der Waals surface area contributed by atoms with Crippen molar-refractivity contribution in [1.29, 1.82) is 0 Å². The average molecular weight is 495 g/mol. The molecule has 8 nitrogen and oxygen atoms in total. The van der Waals surface area contributed by atoms with Gasteiger partial charge in [-0.1, -0.05) is 23.7 Å². The minimum absolute atomic E-state index is 0.0534. The Morgan fingerprint density at radius 1 is 1.12 bits per heavy atom. The van der Waals surface area contributed by atoms with Gasteiger partial charge in [0.2, 0.25) is 10.0 Å². The van der Waals surface area contributed by atoms with E-state index < -0.39 is 27.1 Å². The van der Waals surface area contributed by atoms with Gasteiger partial charge in [0.25, 0.3) is 11.1 Å². The molecule has 0 aromatic heterocycles. The number of nitrogens with zero attached hydrogens (tertiary/aromatic N) is 1. The topological polar surface area (TPSA) is 110 Å². The van der Waals surface area contributed by atoms with Gasteiger partial charge in [-0.05, 0) is 66.7 Å². The van der Waals surface area contributed by atoms with Crippen LogP contribution < -0.4 is 4.72 Å². The van der Waals surface area contributed by atoms with Crippen molar-refractivity contribution >= 4 is 56.6 Å². The van der Waals surface area contributed by atoms with E-state index in [1.165, 1.54) is 24.3 Å². The van der Waals surface area contributed by atoms with E-state index in [9.17, 15) is 22.8 Å². The molecule has 0 aliphatic carbocycles. The predicted octanol–water partition coefficient (Wildman–Crippen LogP) is 3.53. The number of hydrogen-bond acceptors (Lipinski definition) is 7. The zero-order valence-electron chi connectivity index (χ0n) is 16.9. The molecule has 1 aliphatic rings. The molecule has 1 N–H and O–H groups in total. The van der Waals surface area contributed by atoms with Gasteiger partial charge < -0.3 is 4.74 Å². The van der Waals surface area contributed by atoms with Crippen molar-refractivity contribution in [2.75, 3.05) is 19.7 Å². The molecule has 0 bridgehead atoms. The van der Waals surface area contributed by atoms with Gasteiger partial charge in [0, 0.05) is 18.1 Å². The molecule has 2 amide bonds. The van der Waals surface area contributed by atoms with Crippen LogP contribution in [0.5, 0.6) is 0 Å². The van der Waals surface area contributed by atoms with E-state index in [4.69, 9.17) is 16.3 Å². The molecule has 32 heavy (non-hydrogen) atoms. The maximum absolute atomic E-state index is 12.5. The first-order valence-electron chi connectivity index (χ1n) is 9.49. The van der Waals surface area contributed by atoms with E-state index in [1.807, 2.05) is 0 Å². The predicted molar refractivity (Wildman–Crippen MR) is 122 cm³/mol. The Balaban J connectivity index is 1.60. The summed E-state index contributed by atoms with van der Waals surface area (Å²) < 4.78 is 32.1. The fourth-order valence-corrected chi connectivity index (χ4v) is 4.77. The second-order valence-corrected chi connectivity index (χ2v) is 9.72. The lowest BCUT2D eigenvalue weighted by molar-refractivity contribution is -0.122. The molecule has 3 rings (SSSR count). The number of thioether (sulfide) groups is 1.